The zero-order chi connectivity index (χ0) is 26.3. The van der Waals surface area contributed by atoms with Crippen molar-refractivity contribution in [1.29, 1.82) is 0 Å². The summed E-state index contributed by atoms with van der Waals surface area (Å²) in [5.41, 5.74) is 2.44. The van der Waals surface area contributed by atoms with E-state index in [0.29, 0.717) is 12.0 Å². The predicted molar refractivity (Wildman–Crippen MR) is 155 cm³/mol. The van der Waals surface area contributed by atoms with Gasteiger partial charge in [-0.05, 0) is 94.2 Å². The molecular weight excluding hydrogens is 484 g/mol. The summed E-state index contributed by atoms with van der Waals surface area (Å²) in [6.07, 6.45) is 20.2. The van der Waals surface area contributed by atoms with Crippen molar-refractivity contribution in [3.8, 4) is 0 Å². The van der Waals surface area contributed by atoms with Crippen LogP contribution in [0.15, 0.2) is 24.3 Å². The number of benzene rings is 1. The van der Waals surface area contributed by atoms with E-state index in [1.165, 1.54) is 94.8 Å². The number of para-hydroxylation sites is 2. The van der Waals surface area contributed by atoms with Crippen LogP contribution in [0.1, 0.15) is 102 Å². The molecule has 2 aromatic rings. The lowest BCUT2D eigenvalue weighted by molar-refractivity contribution is -0.138. The summed E-state index contributed by atoms with van der Waals surface area (Å²) in [6, 6.07) is 11.6. The quantitative estimate of drug-likeness (QED) is 0.474. The number of likely N-dealkylation sites (tertiary alicyclic amines) is 1. The van der Waals surface area contributed by atoms with Gasteiger partial charge in [-0.25, -0.2) is 4.98 Å². The molecule has 1 N–H and O–H groups in total. The van der Waals surface area contributed by atoms with Gasteiger partial charge in [-0.2, -0.15) is 0 Å². The number of rotatable bonds is 6. The number of aliphatic carboxylic acids is 1. The predicted octanol–water partition coefficient (Wildman–Crippen LogP) is 6.29. The average molecular weight is 533 g/mol. The highest BCUT2D eigenvalue weighted by molar-refractivity contribution is 5.76. The monoisotopic (exact) mass is 532 g/mol. The minimum absolute atomic E-state index is 0.164. The molecule has 3 unspecified atom stereocenters. The van der Waals surface area contributed by atoms with Crippen molar-refractivity contribution in [3.05, 3.63) is 30.1 Å². The first kappa shape index (κ1) is 26.0. The minimum Gasteiger partial charge on any atom is -0.480 e. The molecule has 3 aliphatic heterocycles. The van der Waals surface area contributed by atoms with Gasteiger partial charge in [0.2, 0.25) is 0 Å². The Morgan fingerprint density at radius 3 is 2.31 bits per heavy atom. The Kier molecular flexibility index (Phi) is 7.44. The third-order valence-corrected chi connectivity index (χ3v) is 11.2. The first-order valence-corrected chi connectivity index (χ1v) is 16.3. The Morgan fingerprint density at radius 1 is 0.821 bits per heavy atom. The molecule has 0 radical (unpaired) electrons. The number of fused-ring (bicyclic) bond motifs is 5. The lowest BCUT2D eigenvalue weighted by Crippen LogP contribution is -2.58. The fourth-order valence-corrected chi connectivity index (χ4v) is 9.86. The van der Waals surface area contributed by atoms with Gasteiger partial charge in [0, 0.05) is 37.1 Å². The first-order valence-electron chi connectivity index (χ1n) is 16.3. The smallest absolute Gasteiger partial charge is 0.317 e. The van der Waals surface area contributed by atoms with Crippen molar-refractivity contribution in [2.24, 2.45) is 17.8 Å². The summed E-state index contributed by atoms with van der Waals surface area (Å²) in [5.74, 6) is 2.99. The number of carboxylic acid groups (broad SMARTS) is 1. The molecular formula is C33H48N4O2. The molecule has 3 saturated heterocycles. The maximum Gasteiger partial charge on any atom is 0.317 e. The molecule has 2 saturated carbocycles. The van der Waals surface area contributed by atoms with Gasteiger partial charge in [0.25, 0.3) is 0 Å². The SMILES string of the molecule is O=C(O)CN1CCCC(Cc2nc3ccccc3n2C2C[C@H]3CCC[C@@H](C2)N3C2C[C@H]3CCCC[C@@H](C2)C3)C1. The summed E-state index contributed by atoms with van der Waals surface area (Å²) in [4.78, 5) is 21.8. The third-order valence-electron chi connectivity index (χ3n) is 11.2. The van der Waals surface area contributed by atoms with E-state index in [1.807, 2.05) is 0 Å². The van der Waals surface area contributed by atoms with E-state index in [1.54, 1.807) is 0 Å². The summed E-state index contributed by atoms with van der Waals surface area (Å²) in [7, 11) is 0. The van der Waals surface area contributed by atoms with E-state index >= 15 is 0 Å². The molecule has 0 amide bonds. The van der Waals surface area contributed by atoms with Crippen LogP contribution in [0.4, 0.5) is 0 Å². The highest BCUT2D eigenvalue weighted by Crippen LogP contribution is 2.47. The lowest BCUT2D eigenvalue weighted by atomic mass is 9.73. The van der Waals surface area contributed by atoms with Crippen molar-refractivity contribution in [2.45, 2.75) is 120 Å². The van der Waals surface area contributed by atoms with Gasteiger partial charge in [0.05, 0.1) is 17.6 Å². The topological polar surface area (TPSA) is 61.6 Å². The van der Waals surface area contributed by atoms with Crippen molar-refractivity contribution in [1.82, 2.24) is 19.4 Å². The molecule has 6 nitrogen and oxygen atoms in total. The maximum atomic E-state index is 11.4. The Bertz CT molecular complexity index is 1130. The highest BCUT2D eigenvalue weighted by atomic mass is 16.4. The number of hydrogen-bond donors (Lipinski definition) is 1. The van der Waals surface area contributed by atoms with Gasteiger partial charge < -0.3 is 9.67 Å². The van der Waals surface area contributed by atoms with E-state index in [4.69, 9.17) is 4.98 Å². The standard InChI is InChI=1S/C33H48N4O2/c38-33(39)22-35-14-6-9-25(21-35)18-32-34-30-12-3-4-13-31(30)37(32)29-19-26-10-5-11-27(20-29)36(26)28-16-23-7-1-2-8-24(15-23)17-28/h3-4,12-13,23-29H,1-2,5-11,14-22H2,(H,38,39)/t23-,24+,25?,26-,27+,28?,29?. The molecule has 6 heteroatoms. The van der Waals surface area contributed by atoms with Gasteiger partial charge in [-0.15, -0.1) is 0 Å². The van der Waals surface area contributed by atoms with Gasteiger partial charge >= 0.3 is 5.97 Å². The molecule has 4 bridgehead atoms. The first-order chi connectivity index (χ1) is 19.1. The van der Waals surface area contributed by atoms with E-state index in [9.17, 15) is 9.90 Å². The molecule has 212 valence electrons. The van der Waals surface area contributed by atoms with Gasteiger partial charge in [0.15, 0.2) is 0 Å². The minimum atomic E-state index is -0.710. The van der Waals surface area contributed by atoms with E-state index in [-0.39, 0.29) is 6.54 Å². The van der Waals surface area contributed by atoms with Gasteiger partial charge in [-0.1, -0.05) is 44.2 Å². The second-order valence-electron chi connectivity index (χ2n) is 13.9. The lowest BCUT2D eigenvalue weighted by Gasteiger charge is -2.54. The fourth-order valence-electron chi connectivity index (χ4n) is 9.86. The van der Waals surface area contributed by atoms with Crippen molar-refractivity contribution >= 4 is 17.0 Å². The molecule has 0 spiro atoms. The number of nitrogens with zero attached hydrogens (tertiary/aromatic N) is 4. The summed E-state index contributed by atoms with van der Waals surface area (Å²) >= 11 is 0. The number of carboxylic acids is 1. The van der Waals surface area contributed by atoms with E-state index in [2.05, 4.69) is 38.6 Å². The maximum absolute atomic E-state index is 11.4. The van der Waals surface area contributed by atoms with Crippen molar-refractivity contribution in [2.75, 3.05) is 19.6 Å². The highest BCUT2D eigenvalue weighted by Gasteiger charge is 2.45. The number of aromatic nitrogens is 2. The molecule has 39 heavy (non-hydrogen) atoms. The molecule has 7 rings (SSSR count). The zero-order valence-electron chi connectivity index (χ0n) is 23.7. The molecule has 1 aromatic heterocycles. The summed E-state index contributed by atoms with van der Waals surface area (Å²) in [5, 5.41) is 9.34. The summed E-state index contributed by atoms with van der Waals surface area (Å²) < 4.78 is 2.66. The second-order valence-corrected chi connectivity index (χ2v) is 13.9. The van der Waals surface area contributed by atoms with E-state index in [0.717, 1.165) is 61.4 Å². The molecule has 7 atom stereocenters. The van der Waals surface area contributed by atoms with Crippen molar-refractivity contribution in [3.63, 3.8) is 0 Å². The number of carbonyl (C=O) groups is 1. The molecule has 1 aromatic carbocycles. The number of imidazole rings is 1. The van der Waals surface area contributed by atoms with Crippen LogP contribution < -0.4 is 0 Å². The van der Waals surface area contributed by atoms with Crippen LogP contribution in [0.3, 0.4) is 0 Å². The van der Waals surface area contributed by atoms with Crippen LogP contribution in [0.5, 0.6) is 0 Å². The second kappa shape index (κ2) is 11.2. The van der Waals surface area contributed by atoms with Crippen LogP contribution in [-0.4, -0.2) is 68.2 Å². The van der Waals surface area contributed by atoms with Crippen LogP contribution in [0.2, 0.25) is 0 Å². The van der Waals surface area contributed by atoms with E-state index < -0.39 is 5.97 Å². The summed E-state index contributed by atoms with van der Waals surface area (Å²) in [6.45, 7) is 1.95. The van der Waals surface area contributed by atoms with Gasteiger partial charge in [-0.3, -0.25) is 14.6 Å². The fraction of sp³-hybridized carbons (Fsp3) is 0.758. The van der Waals surface area contributed by atoms with Crippen LogP contribution >= 0.6 is 0 Å². The zero-order valence-corrected chi connectivity index (χ0v) is 23.7. The molecule has 4 heterocycles. The average Bonchev–Trinajstić information content (AvgIpc) is 3.18. The van der Waals surface area contributed by atoms with Crippen LogP contribution in [0, 0.1) is 17.8 Å². The van der Waals surface area contributed by atoms with Crippen LogP contribution in [-0.2, 0) is 11.2 Å². The largest absolute Gasteiger partial charge is 0.480 e. The number of hydrogen-bond acceptors (Lipinski definition) is 4. The Hall–Kier alpha value is -1.92. The molecule has 5 aliphatic rings. The normalized spacial score (nSPS) is 36.1. The van der Waals surface area contributed by atoms with Gasteiger partial charge in [0.1, 0.15) is 5.82 Å². The van der Waals surface area contributed by atoms with Crippen molar-refractivity contribution < 1.29 is 9.90 Å². The number of piperidine rings is 3. The third kappa shape index (κ3) is 5.40. The Balaban J connectivity index is 1.13. The Labute approximate surface area is 234 Å². The Morgan fingerprint density at radius 2 is 1.56 bits per heavy atom. The molecule has 5 fully saturated rings. The molecule has 2 aliphatic carbocycles. The van der Waals surface area contributed by atoms with Crippen LogP contribution in [0.25, 0.3) is 11.0 Å².